The minimum atomic E-state index is -1.09. The lowest BCUT2D eigenvalue weighted by atomic mass is 10.1. The first-order valence-electron chi connectivity index (χ1n) is 16.7. The van der Waals surface area contributed by atoms with Gasteiger partial charge in [-0.25, -0.2) is 4.79 Å². The number of nitrogens with zero attached hydrogens (tertiary/aromatic N) is 2. The summed E-state index contributed by atoms with van der Waals surface area (Å²) in [5, 5.41) is 12.8. The summed E-state index contributed by atoms with van der Waals surface area (Å²) in [6.07, 6.45) is 1.61. The van der Waals surface area contributed by atoms with Crippen molar-refractivity contribution in [2.75, 3.05) is 12.3 Å². The second-order valence-corrected chi connectivity index (χ2v) is 15.4. The van der Waals surface area contributed by atoms with Crippen molar-refractivity contribution in [2.45, 2.75) is 141 Å². The number of carbonyl (C=O) groups is 8. The third-order valence-electron chi connectivity index (χ3n) is 8.66. The highest BCUT2D eigenvalue weighted by Crippen LogP contribution is 2.38. The lowest BCUT2D eigenvalue weighted by Crippen LogP contribution is -2.59. The molecule has 0 radical (unpaired) electrons. The normalized spacial score (nSPS) is 24.9. The van der Waals surface area contributed by atoms with Gasteiger partial charge in [-0.2, -0.15) is 11.8 Å². The molecule has 5 N–H and O–H groups in total. The predicted molar refractivity (Wildman–Crippen MR) is 180 cm³/mol. The van der Waals surface area contributed by atoms with Gasteiger partial charge in [-0.15, -0.1) is 0 Å². The van der Waals surface area contributed by atoms with Gasteiger partial charge >= 0.3 is 5.97 Å². The van der Waals surface area contributed by atoms with Crippen molar-refractivity contribution in [3.8, 4) is 0 Å². The van der Waals surface area contributed by atoms with Crippen LogP contribution in [-0.4, -0.2) is 129 Å². The van der Waals surface area contributed by atoms with Gasteiger partial charge in [0, 0.05) is 30.5 Å². The van der Waals surface area contributed by atoms with Crippen LogP contribution < -0.4 is 26.6 Å². The lowest BCUT2D eigenvalue weighted by molar-refractivity contribution is -0.158. The number of likely N-dealkylation sites (tertiary alicyclic amines) is 1. The molecule has 7 amide bonds. The highest BCUT2D eigenvalue weighted by atomic mass is 32.2. The van der Waals surface area contributed by atoms with Gasteiger partial charge in [-0.1, -0.05) is 0 Å². The molecule has 3 fully saturated rings. The predicted octanol–water partition coefficient (Wildman–Crippen LogP) is -1.05. The molecule has 16 nitrogen and oxygen atoms in total. The fourth-order valence-corrected chi connectivity index (χ4v) is 7.34. The number of esters is 1. The Kier molecular flexibility index (Phi) is 13.1. The van der Waals surface area contributed by atoms with Crippen molar-refractivity contribution in [3.63, 3.8) is 0 Å². The molecule has 274 valence electrons. The van der Waals surface area contributed by atoms with Gasteiger partial charge < -0.3 is 41.1 Å². The summed E-state index contributed by atoms with van der Waals surface area (Å²) in [7, 11) is 0. The monoisotopic (exact) mass is 709 g/mol. The standard InChI is InChI=1S/C32H51N7O9S/c1-15(26(42)35-17(3)28(44)37-19(5)31(47)48-32(7,8)9)33-25(41)16(2)34-27(43)18(4)36-29(45)23-11-10-21-14-49-22-12-24(30(46)39(21)23)38(13-22)20(6)40/h15-19,21-24H,10-14H2,1-9H3,(H,33,41)(H,34,43)(H,35,42)(H,36,45)(H,37,44)/t15-,16-,17-,18-,19-,21-,22-,23-,24-/m0/s1. The summed E-state index contributed by atoms with van der Waals surface area (Å²) in [6.45, 7) is 14.2. The van der Waals surface area contributed by atoms with Crippen molar-refractivity contribution in [1.29, 1.82) is 0 Å². The summed E-state index contributed by atoms with van der Waals surface area (Å²) in [5.41, 5.74) is -0.736. The van der Waals surface area contributed by atoms with E-state index in [2.05, 4.69) is 26.6 Å². The molecular weight excluding hydrogens is 658 g/mol. The fourth-order valence-electron chi connectivity index (χ4n) is 5.93. The largest absolute Gasteiger partial charge is 0.458 e. The Labute approximate surface area is 291 Å². The van der Waals surface area contributed by atoms with Gasteiger partial charge in [-0.3, -0.25) is 33.6 Å². The summed E-state index contributed by atoms with van der Waals surface area (Å²) in [6, 6.07) is -6.75. The van der Waals surface area contributed by atoms with E-state index in [9.17, 15) is 38.4 Å². The SMILES string of the molecule is CC(=O)N1C[C@@H]2C[C@H]1C(=O)N1[C@@H](CC[C@H]1C(=O)N[C@@H](C)C(=O)N[C@@H](C)C(=O)N[C@@H](C)C(=O)N[C@@H](C)C(=O)N[C@@H](C)C(=O)OC(C)(C)C)CS2. The summed E-state index contributed by atoms with van der Waals surface area (Å²) < 4.78 is 5.23. The molecule has 3 heterocycles. The molecule has 3 saturated heterocycles. The maximum absolute atomic E-state index is 13.6. The van der Waals surface area contributed by atoms with Crippen LogP contribution >= 0.6 is 11.8 Å². The van der Waals surface area contributed by atoms with Crippen LogP contribution in [0.4, 0.5) is 0 Å². The highest BCUT2D eigenvalue weighted by molar-refractivity contribution is 8.00. The summed E-state index contributed by atoms with van der Waals surface area (Å²) in [5.74, 6) is -3.52. The third kappa shape index (κ3) is 10.3. The number of fused-ring (bicyclic) bond motifs is 3. The first kappa shape index (κ1) is 39.5. The van der Waals surface area contributed by atoms with E-state index in [4.69, 9.17) is 4.74 Å². The average molecular weight is 710 g/mol. The molecule has 0 unspecified atom stereocenters. The van der Waals surface area contributed by atoms with Crippen LogP contribution in [0.2, 0.25) is 0 Å². The van der Waals surface area contributed by atoms with Crippen molar-refractivity contribution in [2.24, 2.45) is 0 Å². The zero-order valence-electron chi connectivity index (χ0n) is 29.7. The number of amides is 7. The molecule has 0 aromatic carbocycles. The lowest BCUT2D eigenvalue weighted by Gasteiger charge is -2.35. The summed E-state index contributed by atoms with van der Waals surface area (Å²) in [4.78, 5) is 105. The van der Waals surface area contributed by atoms with Crippen LogP contribution in [0.15, 0.2) is 0 Å². The van der Waals surface area contributed by atoms with E-state index in [1.54, 1.807) is 42.3 Å². The molecule has 9 atom stereocenters. The van der Waals surface area contributed by atoms with Gasteiger partial charge in [0.05, 0.1) is 0 Å². The van der Waals surface area contributed by atoms with E-state index in [1.165, 1.54) is 41.5 Å². The van der Waals surface area contributed by atoms with E-state index in [-0.39, 0.29) is 23.1 Å². The molecule has 17 heteroatoms. The molecule has 0 aliphatic carbocycles. The topological polar surface area (TPSA) is 212 Å². The zero-order chi connectivity index (χ0) is 37.0. The smallest absolute Gasteiger partial charge is 0.328 e. The Hall–Kier alpha value is -3.89. The van der Waals surface area contributed by atoms with Gasteiger partial charge in [-0.05, 0) is 74.7 Å². The Bertz CT molecular complexity index is 1340. The summed E-state index contributed by atoms with van der Waals surface area (Å²) >= 11 is 1.71. The van der Waals surface area contributed by atoms with Crippen LogP contribution in [0.1, 0.15) is 81.6 Å². The van der Waals surface area contributed by atoms with Gasteiger partial charge in [0.15, 0.2) is 0 Å². The Balaban J connectivity index is 1.48. The highest BCUT2D eigenvalue weighted by Gasteiger charge is 2.50. The van der Waals surface area contributed by atoms with E-state index in [0.717, 1.165) is 0 Å². The average Bonchev–Trinajstić information content (AvgIpc) is 3.63. The molecule has 3 aliphatic heterocycles. The zero-order valence-corrected chi connectivity index (χ0v) is 30.5. The maximum atomic E-state index is 13.6. The van der Waals surface area contributed by atoms with Gasteiger partial charge in [0.25, 0.3) is 0 Å². The number of thioether (sulfide) groups is 1. The minimum absolute atomic E-state index is 0.143. The van der Waals surface area contributed by atoms with E-state index in [1.807, 2.05) is 0 Å². The van der Waals surface area contributed by atoms with Crippen molar-refractivity contribution < 1.29 is 43.1 Å². The second kappa shape index (κ2) is 16.2. The van der Waals surface area contributed by atoms with E-state index < -0.39 is 83.4 Å². The first-order valence-corrected chi connectivity index (χ1v) is 17.7. The molecule has 0 aromatic rings. The van der Waals surface area contributed by atoms with Crippen LogP contribution in [0.3, 0.4) is 0 Å². The second-order valence-electron chi connectivity index (χ2n) is 14.1. The van der Waals surface area contributed by atoms with E-state index in [0.29, 0.717) is 31.6 Å². The minimum Gasteiger partial charge on any atom is -0.458 e. The quantitative estimate of drug-likeness (QED) is 0.164. The number of hydrogen-bond acceptors (Lipinski definition) is 10. The molecule has 0 saturated carbocycles. The number of rotatable bonds is 11. The van der Waals surface area contributed by atoms with Crippen molar-refractivity contribution in [1.82, 2.24) is 36.4 Å². The maximum Gasteiger partial charge on any atom is 0.328 e. The van der Waals surface area contributed by atoms with Crippen LogP contribution in [-0.2, 0) is 43.1 Å². The number of ether oxygens (including phenoxy) is 1. The molecule has 0 aromatic heterocycles. The number of nitrogens with one attached hydrogen (secondary N) is 5. The number of hydrogen-bond donors (Lipinski definition) is 5. The van der Waals surface area contributed by atoms with Gasteiger partial charge in [0.1, 0.15) is 47.9 Å². The molecule has 3 aliphatic rings. The Morgan fingerprint density at radius 1 is 0.755 bits per heavy atom. The molecule has 49 heavy (non-hydrogen) atoms. The fraction of sp³-hybridized carbons (Fsp3) is 0.750. The number of carbonyl (C=O) groups excluding carboxylic acids is 8. The molecule has 0 spiro atoms. The molecule has 3 rings (SSSR count). The van der Waals surface area contributed by atoms with Crippen LogP contribution in [0, 0.1) is 0 Å². The Morgan fingerprint density at radius 2 is 1.22 bits per heavy atom. The molecule has 2 bridgehead atoms. The third-order valence-corrected chi connectivity index (χ3v) is 10.1. The van der Waals surface area contributed by atoms with Crippen LogP contribution in [0.25, 0.3) is 0 Å². The van der Waals surface area contributed by atoms with Gasteiger partial charge in [0.2, 0.25) is 41.4 Å². The first-order chi connectivity index (χ1) is 22.7. The van der Waals surface area contributed by atoms with Crippen molar-refractivity contribution >= 4 is 59.1 Å². The van der Waals surface area contributed by atoms with Crippen molar-refractivity contribution in [3.05, 3.63) is 0 Å². The Morgan fingerprint density at radius 3 is 1.69 bits per heavy atom. The van der Waals surface area contributed by atoms with Crippen LogP contribution in [0.5, 0.6) is 0 Å². The van der Waals surface area contributed by atoms with E-state index >= 15 is 0 Å². The molecular formula is C32H51N7O9S.